The van der Waals surface area contributed by atoms with Crippen LogP contribution in [0.1, 0.15) is 39.5 Å². The highest BCUT2D eigenvalue weighted by Crippen LogP contribution is 2.32. The second-order valence-electron chi connectivity index (χ2n) is 5.92. The second-order valence-corrected chi connectivity index (χ2v) is 5.92. The molecule has 4 unspecified atom stereocenters. The lowest BCUT2D eigenvalue weighted by atomic mass is 9.93. The number of hydrogen-bond acceptors (Lipinski definition) is 4. The van der Waals surface area contributed by atoms with Crippen LogP contribution in [-0.2, 0) is 9.53 Å². The highest BCUT2D eigenvalue weighted by atomic mass is 16.5. The van der Waals surface area contributed by atoms with Gasteiger partial charge in [-0.15, -0.1) is 0 Å². The van der Waals surface area contributed by atoms with Gasteiger partial charge in [-0.3, -0.25) is 9.69 Å². The average Bonchev–Trinajstić information content (AvgIpc) is 2.75. The molecule has 0 aromatic carbocycles. The van der Waals surface area contributed by atoms with Gasteiger partial charge in [0.05, 0.1) is 12.7 Å². The van der Waals surface area contributed by atoms with Crippen LogP contribution in [0.15, 0.2) is 0 Å². The van der Waals surface area contributed by atoms with Gasteiger partial charge in [0.2, 0.25) is 0 Å². The van der Waals surface area contributed by atoms with Gasteiger partial charge in [0, 0.05) is 18.6 Å². The standard InChI is InChI=1S/C13H24N2O3/c1-9(8-13(2,14)12(16)17)15-6-7-18-11-5-3-4-10(11)15/h9-11H,3-8,14H2,1-2H3,(H,16,17). The molecule has 2 rings (SSSR count). The third-order valence-corrected chi connectivity index (χ3v) is 4.30. The lowest BCUT2D eigenvalue weighted by Gasteiger charge is -2.42. The minimum atomic E-state index is -1.15. The summed E-state index contributed by atoms with van der Waals surface area (Å²) >= 11 is 0. The minimum Gasteiger partial charge on any atom is -0.480 e. The van der Waals surface area contributed by atoms with E-state index in [9.17, 15) is 4.79 Å². The molecule has 2 fully saturated rings. The number of aliphatic carboxylic acids is 1. The number of carboxylic acid groups (broad SMARTS) is 1. The average molecular weight is 256 g/mol. The quantitative estimate of drug-likeness (QED) is 0.779. The normalized spacial score (nSPS) is 33.7. The van der Waals surface area contributed by atoms with Gasteiger partial charge in [0.1, 0.15) is 5.54 Å². The molecule has 5 nitrogen and oxygen atoms in total. The molecule has 18 heavy (non-hydrogen) atoms. The third kappa shape index (κ3) is 2.68. The molecule has 0 amide bonds. The van der Waals surface area contributed by atoms with Crippen LogP contribution in [0.4, 0.5) is 0 Å². The highest BCUT2D eigenvalue weighted by molar-refractivity contribution is 5.77. The van der Waals surface area contributed by atoms with Crippen LogP contribution in [0, 0.1) is 0 Å². The van der Waals surface area contributed by atoms with Gasteiger partial charge < -0.3 is 15.6 Å². The number of morpholine rings is 1. The first-order chi connectivity index (χ1) is 8.42. The number of carbonyl (C=O) groups is 1. The van der Waals surface area contributed by atoms with Crippen LogP contribution in [0.2, 0.25) is 0 Å². The lowest BCUT2D eigenvalue weighted by molar-refractivity contribution is -0.144. The molecule has 4 atom stereocenters. The molecule has 104 valence electrons. The fourth-order valence-corrected chi connectivity index (χ4v) is 3.32. The van der Waals surface area contributed by atoms with E-state index in [0.717, 1.165) is 26.0 Å². The SMILES string of the molecule is CC(CC(C)(N)C(=O)O)N1CCOC2CCCC21. The smallest absolute Gasteiger partial charge is 0.323 e. The summed E-state index contributed by atoms with van der Waals surface area (Å²) in [5.41, 5.74) is 4.70. The molecule has 1 aliphatic carbocycles. The number of nitrogens with two attached hydrogens (primary N) is 1. The van der Waals surface area contributed by atoms with Crippen molar-refractivity contribution < 1.29 is 14.6 Å². The van der Waals surface area contributed by atoms with E-state index in [1.807, 2.05) is 0 Å². The summed E-state index contributed by atoms with van der Waals surface area (Å²) in [4.78, 5) is 13.5. The predicted molar refractivity (Wildman–Crippen MR) is 68.4 cm³/mol. The van der Waals surface area contributed by atoms with Crippen molar-refractivity contribution in [3.63, 3.8) is 0 Å². The summed E-state index contributed by atoms with van der Waals surface area (Å²) in [5, 5.41) is 9.11. The number of fused-ring (bicyclic) bond motifs is 1. The van der Waals surface area contributed by atoms with E-state index in [1.54, 1.807) is 6.92 Å². The zero-order valence-electron chi connectivity index (χ0n) is 11.3. The van der Waals surface area contributed by atoms with E-state index >= 15 is 0 Å². The monoisotopic (exact) mass is 256 g/mol. The van der Waals surface area contributed by atoms with Gasteiger partial charge in [0.15, 0.2) is 0 Å². The molecular formula is C13H24N2O3. The van der Waals surface area contributed by atoms with Crippen LogP contribution >= 0.6 is 0 Å². The fraction of sp³-hybridized carbons (Fsp3) is 0.923. The molecule has 0 aromatic heterocycles. The number of rotatable bonds is 4. The Morgan fingerprint density at radius 2 is 2.33 bits per heavy atom. The van der Waals surface area contributed by atoms with Gasteiger partial charge in [-0.05, 0) is 39.5 Å². The van der Waals surface area contributed by atoms with Gasteiger partial charge in [-0.25, -0.2) is 0 Å². The summed E-state index contributed by atoms with van der Waals surface area (Å²) in [6.07, 6.45) is 4.31. The van der Waals surface area contributed by atoms with Crippen molar-refractivity contribution in [2.24, 2.45) is 5.73 Å². The molecule has 5 heteroatoms. The maximum Gasteiger partial charge on any atom is 0.323 e. The molecule has 1 saturated carbocycles. The van der Waals surface area contributed by atoms with Crippen LogP contribution in [0.5, 0.6) is 0 Å². The summed E-state index contributed by atoms with van der Waals surface area (Å²) in [7, 11) is 0. The Morgan fingerprint density at radius 3 is 3.00 bits per heavy atom. The summed E-state index contributed by atoms with van der Waals surface area (Å²) < 4.78 is 5.77. The first kappa shape index (κ1) is 13.8. The molecule has 1 saturated heterocycles. The van der Waals surface area contributed by atoms with Gasteiger partial charge in [-0.1, -0.05) is 0 Å². The van der Waals surface area contributed by atoms with Crippen molar-refractivity contribution in [3.8, 4) is 0 Å². The summed E-state index contributed by atoms with van der Waals surface area (Å²) in [5.74, 6) is -0.925. The summed E-state index contributed by atoms with van der Waals surface area (Å²) in [6, 6.07) is 0.643. The Bertz CT molecular complexity index is 319. The molecule has 1 aliphatic heterocycles. The summed E-state index contributed by atoms with van der Waals surface area (Å²) in [6.45, 7) is 5.31. The minimum absolute atomic E-state index is 0.186. The predicted octanol–water partition coefficient (Wildman–Crippen LogP) is 0.820. The first-order valence-corrected chi connectivity index (χ1v) is 6.81. The van der Waals surface area contributed by atoms with E-state index in [2.05, 4.69) is 11.8 Å². The van der Waals surface area contributed by atoms with Crippen molar-refractivity contribution in [2.45, 2.75) is 63.3 Å². The molecule has 0 bridgehead atoms. The van der Waals surface area contributed by atoms with Crippen LogP contribution in [0.3, 0.4) is 0 Å². The largest absolute Gasteiger partial charge is 0.480 e. The van der Waals surface area contributed by atoms with Gasteiger partial charge >= 0.3 is 5.97 Å². The number of ether oxygens (including phenoxy) is 1. The number of hydrogen-bond donors (Lipinski definition) is 2. The van der Waals surface area contributed by atoms with Crippen LogP contribution in [0.25, 0.3) is 0 Å². The Balaban J connectivity index is 1.99. The third-order valence-electron chi connectivity index (χ3n) is 4.30. The maximum absolute atomic E-state index is 11.1. The Morgan fingerprint density at radius 1 is 1.61 bits per heavy atom. The van der Waals surface area contributed by atoms with Crippen molar-refractivity contribution >= 4 is 5.97 Å². The lowest BCUT2D eigenvalue weighted by Crippen LogP contribution is -2.56. The number of carboxylic acids is 1. The zero-order chi connectivity index (χ0) is 13.3. The second kappa shape index (κ2) is 5.15. The topological polar surface area (TPSA) is 75.8 Å². The molecule has 2 aliphatic rings. The van der Waals surface area contributed by atoms with Gasteiger partial charge in [0.25, 0.3) is 0 Å². The first-order valence-electron chi connectivity index (χ1n) is 6.81. The zero-order valence-corrected chi connectivity index (χ0v) is 11.3. The number of nitrogens with zero attached hydrogens (tertiary/aromatic N) is 1. The Labute approximate surface area is 108 Å². The Kier molecular flexibility index (Phi) is 3.94. The van der Waals surface area contributed by atoms with Crippen molar-refractivity contribution in [1.82, 2.24) is 4.90 Å². The van der Waals surface area contributed by atoms with E-state index in [4.69, 9.17) is 15.6 Å². The van der Waals surface area contributed by atoms with Crippen molar-refractivity contribution in [1.29, 1.82) is 0 Å². The van der Waals surface area contributed by atoms with Crippen LogP contribution in [-0.4, -0.2) is 52.9 Å². The molecule has 3 N–H and O–H groups in total. The highest BCUT2D eigenvalue weighted by Gasteiger charge is 2.40. The van der Waals surface area contributed by atoms with Crippen molar-refractivity contribution in [2.75, 3.05) is 13.2 Å². The molecule has 0 radical (unpaired) electrons. The molecule has 0 aromatic rings. The molecular weight excluding hydrogens is 232 g/mol. The van der Waals surface area contributed by atoms with Crippen LogP contribution < -0.4 is 5.73 Å². The van der Waals surface area contributed by atoms with Crippen molar-refractivity contribution in [3.05, 3.63) is 0 Å². The van der Waals surface area contributed by atoms with E-state index in [-0.39, 0.29) is 6.04 Å². The molecule has 1 heterocycles. The Hall–Kier alpha value is -0.650. The van der Waals surface area contributed by atoms with E-state index < -0.39 is 11.5 Å². The maximum atomic E-state index is 11.1. The van der Waals surface area contributed by atoms with Gasteiger partial charge in [-0.2, -0.15) is 0 Å². The van der Waals surface area contributed by atoms with E-state index in [0.29, 0.717) is 18.6 Å². The fourth-order valence-electron chi connectivity index (χ4n) is 3.32. The van der Waals surface area contributed by atoms with E-state index in [1.165, 1.54) is 6.42 Å². The molecule has 0 spiro atoms.